The Hall–Kier alpha value is -0.0231. The topological polar surface area (TPSA) is 49.0 Å². The number of piperazine rings is 2. The van der Waals surface area contributed by atoms with Crippen LogP contribution >= 0.6 is 0 Å². The fourth-order valence-corrected chi connectivity index (χ4v) is 6.26. The van der Waals surface area contributed by atoms with Crippen LogP contribution in [0.2, 0.25) is 12.1 Å². The van der Waals surface area contributed by atoms with E-state index >= 15 is 0 Å². The molecule has 2 N–H and O–H groups in total. The van der Waals surface area contributed by atoms with Gasteiger partial charge in [-0.05, 0) is 38.0 Å². The number of nitrogens with one attached hydrogen (secondary N) is 2. The Labute approximate surface area is 143 Å². The predicted octanol–water partition coefficient (Wildman–Crippen LogP) is 0.312. The molecule has 23 heavy (non-hydrogen) atoms. The van der Waals surface area contributed by atoms with Gasteiger partial charge < -0.3 is 29.3 Å². The first-order chi connectivity index (χ1) is 11.3. The minimum absolute atomic E-state index is 1.12. The molecule has 6 nitrogen and oxygen atoms in total. The third-order valence-electron chi connectivity index (χ3n) is 5.23. The zero-order chi connectivity index (χ0) is 16.4. The van der Waals surface area contributed by atoms with Crippen LogP contribution in [-0.2, 0) is 8.85 Å². The summed E-state index contributed by atoms with van der Waals surface area (Å²) in [6.07, 6.45) is 2.39. The van der Waals surface area contributed by atoms with E-state index in [1.54, 1.807) is 0 Å². The fourth-order valence-electron chi connectivity index (χ4n) is 3.63. The summed E-state index contributed by atoms with van der Waals surface area (Å²) >= 11 is 0. The molecule has 0 bridgehead atoms. The molecule has 2 heterocycles. The van der Waals surface area contributed by atoms with Crippen LogP contribution in [0, 0.1) is 0 Å². The average molecular weight is 345 g/mol. The molecule has 0 atom stereocenters. The van der Waals surface area contributed by atoms with Crippen molar-refractivity contribution in [3.8, 4) is 0 Å². The highest BCUT2D eigenvalue weighted by atomic mass is 28.4. The van der Waals surface area contributed by atoms with Crippen LogP contribution in [0.15, 0.2) is 0 Å². The van der Waals surface area contributed by atoms with Gasteiger partial charge in [-0.3, -0.25) is 0 Å². The molecule has 2 aliphatic rings. The minimum Gasteiger partial charge on any atom is -0.398 e. The quantitative estimate of drug-likeness (QED) is 0.557. The summed E-state index contributed by atoms with van der Waals surface area (Å²) in [7, 11) is 1.71. The van der Waals surface area contributed by atoms with Gasteiger partial charge in [0.1, 0.15) is 0 Å². The van der Waals surface area contributed by atoms with Crippen molar-refractivity contribution < 1.29 is 8.85 Å². The average Bonchev–Trinajstić information content (AvgIpc) is 2.62. The van der Waals surface area contributed by atoms with Gasteiger partial charge in [-0.25, -0.2) is 0 Å². The molecule has 0 aromatic heterocycles. The zero-order valence-electron chi connectivity index (χ0n) is 15.1. The minimum atomic E-state index is -2.00. The number of hydrogen-bond donors (Lipinski definition) is 2. The third-order valence-corrected chi connectivity index (χ3v) is 8.95. The Morgan fingerprint density at radius 3 is 1.48 bits per heavy atom. The monoisotopic (exact) mass is 344 g/mol. The molecule has 136 valence electrons. The highest BCUT2D eigenvalue weighted by Gasteiger charge is 2.34. The van der Waals surface area contributed by atoms with Gasteiger partial charge in [-0.1, -0.05) is 0 Å². The standard InChI is InChI=1S/C16H36N4O2Si/c1-21-23(22-2,15-3-9-19-11-5-17-6-12-19)16-4-10-20-13-7-18-8-14-20/h17-18H,3-16H2,1-2H3. The first-order valence-corrected chi connectivity index (χ1v) is 11.5. The maximum Gasteiger partial charge on any atom is 0.337 e. The molecule has 2 fully saturated rings. The van der Waals surface area contributed by atoms with Gasteiger partial charge in [0, 0.05) is 66.6 Å². The van der Waals surface area contributed by atoms with E-state index in [-0.39, 0.29) is 0 Å². The Balaban J connectivity index is 1.66. The Bertz CT molecular complexity index is 280. The zero-order valence-corrected chi connectivity index (χ0v) is 16.1. The van der Waals surface area contributed by atoms with Crippen molar-refractivity contribution in [3.05, 3.63) is 0 Å². The van der Waals surface area contributed by atoms with Crippen molar-refractivity contribution in [3.63, 3.8) is 0 Å². The lowest BCUT2D eigenvalue weighted by Crippen LogP contribution is -2.46. The van der Waals surface area contributed by atoms with E-state index in [0.717, 1.165) is 38.3 Å². The lowest BCUT2D eigenvalue weighted by Gasteiger charge is -2.32. The van der Waals surface area contributed by atoms with Gasteiger partial charge in [0.25, 0.3) is 0 Å². The van der Waals surface area contributed by atoms with Crippen molar-refractivity contribution in [2.75, 3.05) is 79.7 Å². The van der Waals surface area contributed by atoms with Crippen molar-refractivity contribution in [2.45, 2.75) is 24.9 Å². The summed E-state index contributed by atoms with van der Waals surface area (Å²) in [5.74, 6) is 0. The predicted molar refractivity (Wildman–Crippen MR) is 97.2 cm³/mol. The molecule has 0 radical (unpaired) electrons. The van der Waals surface area contributed by atoms with Crippen LogP contribution in [0.4, 0.5) is 0 Å². The highest BCUT2D eigenvalue weighted by molar-refractivity contribution is 6.67. The molecule has 0 unspecified atom stereocenters. The maximum atomic E-state index is 5.92. The highest BCUT2D eigenvalue weighted by Crippen LogP contribution is 2.22. The summed E-state index contributed by atoms with van der Waals surface area (Å²) in [5.41, 5.74) is 0. The molecule has 0 aliphatic carbocycles. The Morgan fingerprint density at radius 1 is 0.739 bits per heavy atom. The van der Waals surface area contributed by atoms with E-state index in [9.17, 15) is 0 Å². The maximum absolute atomic E-state index is 5.92. The summed E-state index contributed by atoms with van der Waals surface area (Å²) in [4.78, 5) is 5.11. The van der Waals surface area contributed by atoms with E-state index in [1.807, 2.05) is 14.2 Å². The largest absolute Gasteiger partial charge is 0.398 e. The van der Waals surface area contributed by atoms with Crippen molar-refractivity contribution in [1.29, 1.82) is 0 Å². The summed E-state index contributed by atoms with van der Waals surface area (Å²) in [6.45, 7) is 11.6. The van der Waals surface area contributed by atoms with E-state index in [4.69, 9.17) is 8.85 Å². The van der Waals surface area contributed by atoms with Crippen molar-refractivity contribution >= 4 is 8.56 Å². The summed E-state index contributed by atoms with van der Waals surface area (Å²) in [5, 5.41) is 6.82. The van der Waals surface area contributed by atoms with Crippen LogP contribution in [0.3, 0.4) is 0 Å². The van der Waals surface area contributed by atoms with E-state index in [1.165, 1.54) is 52.1 Å². The SMILES string of the molecule is CO[Si](CCCN1CCNCC1)(CCCN1CCNCC1)OC. The number of nitrogens with zero attached hydrogens (tertiary/aromatic N) is 2. The molecule has 0 aromatic carbocycles. The fraction of sp³-hybridized carbons (Fsp3) is 1.00. The number of rotatable bonds is 10. The first kappa shape index (κ1) is 19.3. The molecular formula is C16H36N4O2Si. The van der Waals surface area contributed by atoms with E-state index in [0.29, 0.717) is 0 Å². The van der Waals surface area contributed by atoms with Gasteiger partial charge in [-0.15, -0.1) is 0 Å². The second-order valence-corrected chi connectivity index (χ2v) is 10.3. The molecule has 2 rings (SSSR count). The summed E-state index contributed by atoms with van der Waals surface area (Å²) < 4.78 is 11.8. The van der Waals surface area contributed by atoms with Crippen LogP contribution < -0.4 is 10.6 Å². The van der Waals surface area contributed by atoms with Crippen molar-refractivity contribution in [2.24, 2.45) is 0 Å². The second kappa shape index (κ2) is 10.8. The molecule has 0 spiro atoms. The lowest BCUT2D eigenvalue weighted by molar-refractivity contribution is 0.214. The smallest absolute Gasteiger partial charge is 0.337 e. The molecule has 2 saturated heterocycles. The van der Waals surface area contributed by atoms with Crippen LogP contribution in [0.5, 0.6) is 0 Å². The molecule has 0 amide bonds. The molecule has 2 aliphatic heterocycles. The Morgan fingerprint density at radius 2 is 1.13 bits per heavy atom. The normalized spacial score (nSPS) is 21.7. The molecular weight excluding hydrogens is 308 g/mol. The van der Waals surface area contributed by atoms with Gasteiger partial charge in [-0.2, -0.15) is 0 Å². The molecule has 0 aromatic rings. The van der Waals surface area contributed by atoms with E-state index < -0.39 is 8.56 Å². The second-order valence-electron chi connectivity index (χ2n) is 6.71. The van der Waals surface area contributed by atoms with Gasteiger partial charge in [0.05, 0.1) is 0 Å². The lowest BCUT2D eigenvalue weighted by atomic mass is 10.3. The first-order valence-electron chi connectivity index (χ1n) is 9.24. The summed E-state index contributed by atoms with van der Waals surface area (Å²) in [6, 6.07) is 2.23. The Kier molecular flexibility index (Phi) is 9.03. The van der Waals surface area contributed by atoms with E-state index in [2.05, 4.69) is 20.4 Å². The van der Waals surface area contributed by atoms with Crippen LogP contribution in [0.1, 0.15) is 12.8 Å². The van der Waals surface area contributed by atoms with Gasteiger partial charge in [0.15, 0.2) is 0 Å². The molecule has 0 saturated carbocycles. The van der Waals surface area contributed by atoms with Gasteiger partial charge in [0.2, 0.25) is 0 Å². The van der Waals surface area contributed by atoms with Crippen molar-refractivity contribution in [1.82, 2.24) is 20.4 Å². The third kappa shape index (κ3) is 6.78. The van der Waals surface area contributed by atoms with Crippen LogP contribution in [-0.4, -0.2) is 98.0 Å². The molecule has 7 heteroatoms. The van der Waals surface area contributed by atoms with Gasteiger partial charge >= 0.3 is 8.56 Å². The number of hydrogen-bond acceptors (Lipinski definition) is 6. The van der Waals surface area contributed by atoms with Crippen LogP contribution in [0.25, 0.3) is 0 Å².